The van der Waals surface area contributed by atoms with Gasteiger partial charge >= 0.3 is 0 Å². The lowest BCUT2D eigenvalue weighted by Crippen LogP contribution is -2.13. The van der Waals surface area contributed by atoms with E-state index in [0.29, 0.717) is 27.7 Å². The van der Waals surface area contributed by atoms with Crippen LogP contribution in [-0.4, -0.2) is 18.9 Å². The van der Waals surface area contributed by atoms with Crippen LogP contribution in [0.4, 0.5) is 11.4 Å². The van der Waals surface area contributed by atoms with Gasteiger partial charge in [0.2, 0.25) is 5.91 Å². The molecule has 0 radical (unpaired) electrons. The van der Waals surface area contributed by atoms with E-state index < -0.39 is 0 Å². The molecule has 22 heavy (non-hydrogen) atoms. The Hall–Kier alpha value is -2.53. The standard InChI is InChI=1S/C16H15ClN2O3/c1-10(20)18-13-5-3-4-11(8-13)16(21)19-14-9-12(17)6-7-15(14)22-2/h3-9H,1-2H3,(H,18,20)(H,19,21). The number of halogens is 1. The third-order valence-electron chi connectivity index (χ3n) is 2.85. The Balaban J connectivity index is 2.22. The lowest BCUT2D eigenvalue weighted by molar-refractivity contribution is -0.114. The van der Waals surface area contributed by atoms with Crippen LogP contribution in [0, 0.1) is 0 Å². The summed E-state index contributed by atoms with van der Waals surface area (Å²) in [5.74, 6) is -0.0161. The highest BCUT2D eigenvalue weighted by Gasteiger charge is 2.11. The van der Waals surface area contributed by atoms with E-state index in [1.165, 1.54) is 14.0 Å². The quantitative estimate of drug-likeness (QED) is 0.905. The number of nitrogens with one attached hydrogen (secondary N) is 2. The molecule has 114 valence electrons. The van der Waals surface area contributed by atoms with Gasteiger partial charge in [0.15, 0.2) is 0 Å². The first-order chi connectivity index (χ1) is 10.5. The molecular weight excluding hydrogens is 304 g/mol. The molecule has 5 nitrogen and oxygen atoms in total. The van der Waals surface area contributed by atoms with E-state index in [0.717, 1.165) is 0 Å². The summed E-state index contributed by atoms with van der Waals surface area (Å²) in [6.07, 6.45) is 0. The van der Waals surface area contributed by atoms with Crippen LogP contribution in [0.2, 0.25) is 5.02 Å². The predicted octanol–water partition coefficient (Wildman–Crippen LogP) is 3.56. The van der Waals surface area contributed by atoms with Crippen LogP contribution in [-0.2, 0) is 4.79 Å². The molecule has 2 aromatic carbocycles. The monoisotopic (exact) mass is 318 g/mol. The molecule has 0 aliphatic heterocycles. The highest BCUT2D eigenvalue weighted by molar-refractivity contribution is 6.31. The summed E-state index contributed by atoms with van der Waals surface area (Å²) >= 11 is 5.93. The van der Waals surface area contributed by atoms with Crippen molar-refractivity contribution in [1.29, 1.82) is 0 Å². The molecule has 0 atom stereocenters. The Labute approximate surface area is 133 Å². The minimum atomic E-state index is -0.326. The molecular formula is C16H15ClN2O3. The van der Waals surface area contributed by atoms with Gasteiger partial charge < -0.3 is 15.4 Å². The molecule has 0 bridgehead atoms. The third kappa shape index (κ3) is 3.99. The molecule has 0 fully saturated rings. The zero-order valence-electron chi connectivity index (χ0n) is 12.1. The smallest absolute Gasteiger partial charge is 0.255 e. The highest BCUT2D eigenvalue weighted by Crippen LogP contribution is 2.28. The van der Waals surface area contributed by atoms with Gasteiger partial charge in [-0.15, -0.1) is 0 Å². The first-order valence-electron chi connectivity index (χ1n) is 6.52. The molecule has 0 aliphatic rings. The minimum Gasteiger partial charge on any atom is -0.495 e. The Kier molecular flexibility index (Phi) is 5.01. The molecule has 0 aromatic heterocycles. The van der Waals surface area contributed by atoms with Crippen molar-refractivity contribution in [2.24, 2.45) is 0 Å². The first-order valence-corrected chi connectivity index (χ1v) is 6.90. The maximum atomic E-state index is 12.3. The van der Waals surface area contributed by atoms with Gasteiger partial charge in [0.05, 0.1) is 12.8 Å². The zero-order chi connectivity index (χ0) is 16.1. The van der Waals surface area contributed by atoms with E-state index in [1.54, 1.807) is 42.5 Å². The van der Waals surface area contributed by atoms with Crippen LogP contribution in [0.25, 0.3) is 0 Å². The van der Waals surface area contributed by atoms with Gasteiger partial charge in [-0.2, -0.15) is 0 Å². The Morgan fingerprint density at radius 1 is 1.09 bits per heavy atom. The average molecular weight is 319 g/mol. The van der Waals surface area contributed by atoms with Crippen molar-refractivity contribution in [1.82, 2.24) is 0 Å². The lowest BCUT2D eigenvalue weighted by atomic mass is 10.1. The van der Waals surface area contributed by atoms with Crippen molar-refractivity contribution in [2.75, 3.05) is 17.7 Å². The number of hydrogen-bond donors (Lipinski definition) is 2. The fourth-order valence-electron chi connectivity index (χ4n) is 1.91. The minimum absolute atomic E-state index is 0.200. The molecule has 2 aromatic rings. The summed E-state index contributed by atoms with van der Waals surface area (Å²) in [5, 5.41) is 5.86. The van der Waals surface area contributed by atoms with Crippen molar-refractivity contribution in [3.05, 3.63) is 53.1 Å². The average Bonchev–Trinajstić information content (AvgIpc) is 2.47. The molecule has 0 saturated heterocycles. The second kappa shape index (κ2) is 6.95. The van der Waals surface area contributed by atoms with Gasteiger partial charge in [-0.1, -0.05) is 17.7 Å². The summed E-state index contributed by atoms with van der Waals surface area (Å²) in [5.41, 5.74) is 1.44. The summed E-state index contributed by atoms with van der Waals surface area (Å²) in [6.45, 7) is 1.41. The summed E-state index contributed by atoms with van der Waals surface area (Å²) in [4.78, 5) is 23.4. The van der Waals surface area contributed by atoms with Gasteiger partial charge in [-0.05, 0) is 36.4 Å². The normalized spacial score (nSPS) is 9.95. The van der Waals surface area contributed by atoms with Crippen LogP contribution in [0.15, 0.2) is 42.5 Å². The summed E-state index contributed by atoms with van der Waals surface area (Å²) in [7, 11) is 1.51. The lowest BCUT2D eigenvalue weighted by Gasteiger charge is -2.11. The Bertz CT molecular complexity index is 716. The summed E-state index contributed by atoms with van der Waals surface area (Å²) < 4.78 is 5.18. The number of benzene rings is 2. The van der Waals surface area contributed by atoms with Gasteiger partial charge in [-0.3, -0.25) is 9.59 Å². The molecule has 6 heteroatoms. The molecule has 2 amide bonds. The van der Waals surface area contributed by atoms with Gasteiger partial charge in [-0.25, -0.2) is 0 Å². The third-order valence-corrected chi connectivity index (χ3v) is 3.09. The SMILES string of the molecule is COc1ccc(Cl)cc1NC(=O)c1cccc(NC(C)=O)c1. The number of rotatable bonds is 4. The number of carbonyl (C=O) groups is 2. The van der Waals surface area contributed by atoms with Crippen molar-refractivity contribution in [3.63, 3.8) is 0 Å². The second-order valence-corrected chi connectivity index (χ2v) is 5.00. The van der Waals surface area contributed by atoms with Gasteiger partial charge in [0.1, 0.15) is 5.75 Å². The van der Waals surface area contributed by atoms with E-state index in [2.05, 4.69) is 10.6 Å². The number of ether oxygens (including phenoxy) is 1. The van der Waals surface area contributed by atoms with E-state index >= 15 is 0 Å². The van der Waals surface area contributed by atoms with Crippen LogP contribution >= 0.6 is 11.6 Å². The van der Waals surface area contributed by atoms with Crippen LogP contribution < -0.4 is 15.4 Å². The van der Waals surface area contributed by atoms with Crippen molar-refractivity contribution in [3.8, 4) is 5.75 Å². The van der Waals surface area contributed by atoms with Crippen LogP contribution in [0.3, 0.4) is 0 Å². The van der Waals surface area contributed by atoms with Crippen molar-refractivity contribution < 1.29 is 14.3 Å². The van der Waals surface area contributed by atoms with Crippen molar-refractivity contribution in [2.45, 2.75) is 6.92 Å². The van der Waals surface area contributed by atoms with E-state index in [1.807, 2.05) is 0 Å². The molecule has 2 N–H and O–H groups in total. The zero-order valence-corrected chi connectivity index (χ0v) is 12.9. The largest absolute Gasteiger partial charge is 0.495 e. The molecule has 0 spiro atoms. The van der Waals surface area contributed by atoms with E-state index in [9.17, 15) is 9.59 Å². The second-order valence-electron chi connectivity index (χ2n) is 4.56. The topological polar surface area (TPSA) is 67.4 Å². The number of carbonyl (C=O) groups excluding carboxylic acids is 2. The molecule has 0 saturated carbocycles. The van der Waals surface area contributed by atoms with Gasteiger partial charge in [0.25, 0.3) is 5.91 Å². The number of amides is 2. The number of methoxy groups -OCH3 is 1. The maximum absolute atomic E-state index is 12.3. The van der Waals surface area contributed by atoms with Gasteiger partial charge in [0, 0.05) is 23.2 Å². The maximum Gasteiger partial charge on any atom is 0.255 e. The van der Waals surface area contributed by atoms with Crippen molar-refractivity contribution >= 4 is 34.8 Å². The fraction of sp³-hybridized carbons (Fsp3) is 0.125. The molecule has 0 aliphatic carbocycles. The predicted molar refractivity (Wildman–Crippen MR) is 86.7 cm³/mol. The number of anilines is 2. The van der Waals surface area contributed by atoms with Crippen LogP contribution in [0.5, 0.6) is 5.75 Å². The fourth-order valence-corrected chi connectivity index (χ4v) is 2.09. The van der Waals surface area contributed by atoms with Crippen LogP contribution in [0.1, 0.15) is 17.3 Å². The number of hydrogen-bond acceptors (Lipinski definition) is 3. The van der Waals surface area contributed by atoms with E-state index in [4.69, 9.17) is 16.3 Å². The van der Waals surface area contributed by atoms with E-state index in [-0.39, 0.29) is 11.8 Å². The molecule has 0 heterocycles. The Morgan fingerprint density at radius 3 is 2.55 bits per heavy atom. The molecule has 2 rings (SSSR count). The molecule has 0 unspecified atom stereocenters. The highest BCUT2D eigenvalue weighted by atomic mass is 35.5. The first kappa shape index (κ1) is 15.9. The summed E-state index contributed by atoms with van der Waals surface area (Å²) in [6, 6.07) is 11.6. The Morgan fingerprint density at radius 2 is 1.86 bits per heavy atom.